The van der Waals surface area contributed by atoms with Crippen LogP contribution >= 0.6 is 23.2 Å². The molecule has 0 aliphatic carbocycles. The highest BCUT2D eigenvalue weighted by Crippen LogP contribution is 2.31. The third-order valence-electron chi connectivity index (χ3n) is 4.94. The van der Waals surface area contributed by atoms with Gasteiger partial charge in [0.05, 0.1) is 28.1 Å². The molecule has 3 rings (SSSR count). The third kappa shape index (κ3) is 5.61. The molecule has 0 aliphatic rings. The molecule has 0 bridgehead atoms. The van der Waals surface area contributed by atoms with E-state index in [1.54, 1.807) is 61.7 Å². The SMILES string of the molecule is COc1ccc([C@@H](CC(=O)Nc2ccc(Cl)c(Cl)c2)N(C)S(=O)(=O)c2ccccc2)cc1. The Morgan fingerprint density at radius 1 is 1.00 bits per heavy atom. The number of amides is 1. The van der Waals surface area contributed by atoms with Crippen LogP contribution in [0.5, 0.6) is 5.75 Å². The van der Waals surface area contributed by atoms with Crippen molar-refractivity contribution < 1.29 is 17.9 Å². The van der Waals surface area contributed by atoms with E-state index in [0.717, 1.165) is 0 Å². The Bertz CT molecular complexity index is 1190. The van der Waals surface area contributed by atoms with E-state index in [0.29, 0.717) is 27.0 Å². The predicted molar refractivity (Wildman–Crippen MR) is 127 cm³/mol. The molecule has 0 aliphatic heterocycles. The summed E-state index contributed by atoms with van der Waals surface area (Å²) < 4.78 is 32.9. The number of anilines is 1. The normalized spacial score (nSPS) is 12.4. The lowest BCUT2D eigenvalue weighted by Crippen LogP contribution is -2.33. The molecule has 0 heterocycles. The monoisotopic (exact) mass is 492 g/mol. The lowest BCUT2D eigenvalue weighted by atomic mass is 10.0. The molecule has 1 N–H and O–H groups in total. The summed E-state index contributed by atoms with van der Waals surface area (Å²) >= 11 is 12.0. The van der Waals surface area contributed by atoms with E-state index >= 15 is 0 Å². The molecule has 32 heavy (non-hydrogen) atoms. The van der Waals surface area contributed by atoms with Gasteiger partial charge in [0.25, 0.3) is 0 Å². The first-order valence-corrected chi connectivity index (χ1v) is 11.8. The molecule has 0 radical (unpaired) electrons. The maximum atomic E-state index is 13.2. The molecule has 0 spiro atoms. The van der Waals surface area contributed by atoms with Gasteiger partial charge in [0.15, 0.2) is 0 Å². The molecule has 9 heteroatoms. The summed E-state index contributed by atoms with van der Waals surface area (Å²) in [4.78, 5) is 13.0. The molecular weight excluding hydrogens is 471 g/mol. The van der Waals surface area contributed by atoms with Crippen molar-refractivity contribution in [1.29, 1.82) is 0 Å². The zero-order valence-corrected chi connectivity index (χ0v) is 19.8. The molecule has 3 aromatic carbocycles. The number of halogens is 2. The van der Waals surface area contributed by atoms with Gasteiger partial charge in [-0.25, -0.2) is 8.42 Å². The van der Waals surface area contributed by atoms with Gasteiger partial charge in [-0.1, -0.05) is 53.5 Å². The summed E-state index contributed by atoms with van der Waals surface area (Å²) in [5.74, 6) is 0.251. The number of nitrogens with one attached hydrogen (secondary N) is 1. The summed E-state index contributed by atoms with van der Waals surface area (Å²) in [5.41, 5.74) is 1.11. The van der Waals surface area contributed by atoms with Gasteiger partial charge >= 0.3 is 0 Å². The number of carbonyl (C=O) groups is 1. The van der Waals surface area contributed by atoms with Gasteiger partial charge in [0.2, 0.25) is 15.9 Å². The van der Waals surface area contributed by atoms with Gasteiger partial charge in [-0.3, -0.25) is 4.79 Å². The first-order valence-electron chi connectivity index (χ1n) is 9.64. The van der Waals surface area contributed by atoms with Gasteiger partial charge in [0.1, 0.15) is 5.75 Å². The van der Waals surface area contributed by atoms with Crippen LogP contribution in [0.4, 0.5) is 5.69 Å². The Morgan fingerprint density at radius 2 is 1.66 bits per heavy atom. The van der Waals surface area contributed by atoms with E-state index in [-0.39, 0.29) is 17.2 Å². The van der Waals surface area contributed by atoms with Crippen molar-refractivity contribution in [1.82, 2.24) is 4.31 Å². The molecular formula is C23H22Cl2N2O4S. The summed E-state index contributed by atoms with van der Waals surface area (Å²) in [7, 11) is -0.843. The smallest absolute Gasteiger partial charge is 0.243 e. The van der Waals surface area contributed by atoms with Crippen LogP contribution in [-0.2, 0) is 14.8 Å². The molecule has 1 amide bonds. The van der Waals surface area contributed by atoms with E-state index in [4.69, 9.17) is 27.9 Å². The standard InChI is InChI=1S/C23H22Cl2N2O4S/c1-27(32(29,30)19-6-4-3-5-7-19)22(16-8-11-18(31-2)12-9-16)15-23(28)26-17-10-13-20(24)21(25)14-17/h3-14,22H,15H2,1-2H3,(H,26,28)/t22-/m1/s1. The van der Waals surface area contributed by atoms with Crippen LogP contribution in [0.3, 0.4) is 0 Å². The Balaban J connectivity index is 1.91. The zero-order chi connectivity index (χ0) is 23.3. The summed E-state index contributed by atoms with van der Waals surface area (Å²) in [6, 6.07) is 19.0. The molecule has 0 saturated carbocycles. The molecule has 1 atom stereocenters. The van der Waals surface area contributed by atoms with Crippen LogP contribution in [0.2, 0.25) is 10.0 Å². The highest BCUT2D eigenvalue weighted by Gasteiger charge is 2.31. The molecule has 0 saturated heterocycles. The Kier molecular flexibility index (Phi) is 7.79. The Hall–Kier alpha value is -2.58. The maximum Gasteiger partial charge on any atom is 0.243 e. The average molecular weight is 493 g/mol. The fourth-order valence-electron chi connectivity index (χ4n) is 3.17. The summed E-state index contributed by atoms with van der Waals surface area (Å²) in [5, 5.41) is 3.43. The molecule has 6 nitrogen and oxygen atoms in total. The lowest BCUT2D eigenvalue weighted by Gasteiger charge is -2.28. The second-order valence-electron chi connectivity index (χ2n) is 7.00. The largest absolute Gasteiger partial charge is 0.497 e. The van der Waals surface area contributed by atoms with Crippen molar-refractivity contribution in [2.45, 2.75) is 17.4 Å². The molecule has 3 aromatic rings. The van der Waals surface area contributed by atoms with Crippen LogP contribution in [0, 0.1) is 0 Å². The van der Waals surface area contributed by atoms with Crippen molar-refractivity contribution in [3.63, 3.8) is 0 Å². The number of hydrogen-bond donors (Lipinski definition) is 1. The second kappa shape index (κ2) is 10.4. The van der Waals surface area contributed by atoms with E-state index in [2.05, 4.69) is 5.32 Å². The number of rotatable bonds is 8. The van der Waals surface area contributed by atoms with Crippen LogP contribution < -0.4 is 10.1 Å². The van der Waals surface area contributed by atoms with E-state index in [9.17, 15) is 13.2 Å². The minimum atomic E-state index is -3.85. The van der Waals surface area contributed by atoms with E-state index < -0.39 is 16.1 Å². The summed E-state index contributed by atoms with van der Waals surface area (Å²) in [6.07, 6.45) is -0.116. The van der Waals surface area contributed by atoms with Gasteiger partial charge in [-0.15, -0.1) is 0 Å². The van der Waals surface area contributed by atoms with Crippen molar-refractivity contribution in [2.24, 2.45) is 0 Å². The van der Waals surface area contributed by atoms with Gasteiger partial charge in [-0.05, 0) is 48.0 Å². The van der Waals surface area contributed by atoms with Crippen molar-refractivity contribution in [3.8, 4) is 5.75 Å². The number of hydrogen-bond acceptors (Lipinski definition) is 4. The highest BCUT2D eigenvalue weighted by atomic mass is 35.5. The molecule has 0 unspecified atom stereocenters. The van der Waals surface area contributed by atoms with Crippen LogP contribution in [0.1, 0.15) is 18.0 Å². The number of nitrogens with zero attached hydrogens (tertiary/aromatic N) is 1. The maximum absolute atomic E-state index is 13.2. The fraction of sp³-hybridized carbons (Fsp3) is 0.174. The Labute approximate surface area is 197 Å². The molecule has 168 valence electrons. The van der Waals surface area contributed by atoms with Crippen LogP contribution in [0.25, 0.3) is 0 Å². The summed E-state index contributed by atoms with van der Waals surface area (Å²) in [6.45, 7) is 0. The fourth-order valence-corrected chi connectivity index (χ4v) is 4.83. The predicted octanol–water partition coefficient (Wildman–Crippen LogP) is 5.39. The van der Waals surface area contributed by atoms with Crippen LogP contribution in [-0.4, -0.2) is 32.8 Å². The third-order valence-corrected chi connectivity index (χ3v) is 7.56. The minimum Gasteiger partial charge on any atom is -0.497 e. The quantitative estimate of drug-likeness (QED) is 0.457. The minimum absolute atomic E-state index is 0.116. The molecule has 0 aromatic heterocycles. The van der Waals surface area contributed by atoms with Gasteiger partial charge in [0, 0.05) is 19.2 Å². The first kappa shape index (κ1) is 24.1. The van der Waals surface area contributed by atoms with E-state index in [1.807, 2.05) is 0 Å². The number of methoxy groups -OCH3 is 1. The lowest BCUT2D eigenvalue weighted by molar-refractivity contribution is -0.117. The number of sulfonamides is 1. The number of ether oxygens (including phenoxy) is 1. The second-order valence-corrected chi connectivity index (χ2v) is 9.82. The molecule has 0 fully saturated rings. The highest BCUT2D eigenvalue weighted by molar-refractivity contribution is 7.89. The van der Waals surface area contributed by atoms with Gasteiger partial charge < -0.3 is 10.1 Å². The Morgan fingerprint density at radius 3 is 2.25 bits per heavy atom. The number of benzene rings is 3. The number of carbonyl (C=O) groups excluding carboxylic acids is 1. The topological polar surface area (TPSA) is 75.7 Å². The first-order chi connectivity index (χ1) is 15.2. The van der Waals surface area contributed by atoms with Crippen LogP contribution in [0.15, 0.2) is 77.7 Å². The zero-order valence-electron chi connectivity index (χ0n) is 17.5. The average Bonchev–Trinajstić information content (AvgIpc) is 2.80. The van der Waals surface area contributed by atoms with Gasteiger partial charge in [-0.2, -0.15) is 4.31 Å². The van der Waals surface area contributed by atoms with E-state index in [1.165, 1.54) is 29.6 Å². The van der Waals surface area contributed by atoms with Crippen molar-refractivity contribution >= 4 is 44.8 Å². The van der Waals surface area contributed by atoms with Crippen molar-refractivity contribution in [2.75, 3.05) is 19.5 Å². The van der Waals surface area contributed by atoms with Crippen molar-refractivity contribution in [3.05, 3.63) is 88.4 Å².